The Labute approximate surface area is 201 Å². The molecule has 8 heteroatoms. The fraction of sp³-hybridized carbons (Fsp3) is 0.160. The molecule has 0 bridgehead atoms. The van der Waals surface area contributed by atoms with E-state index in [9.17, 15) is 14.4 Å². The lowest BCUT2D eigenvalue weighted by Gasteiger charge is -2.18. The maximum absolute atomic E-state index is 13.2. The third-order valence-corrected chi connectivity index (χ3v) is 6.26. The number of carboxylic acids is 1. The van der Waals surface area contributed by atoms with Gasteiger partial charge in [-0.3, -0.25) is 14.4 Å². The molecule has 0 aliphatic heterocycles. The van der Waals surface area contributed by atoms with Crippen molar-refractivity contribution in [2.75, 3.05) is 10.6 Å². The van der Waals surface area contributed by atoms with Crippen molar-refractivity contribution in [2.24, 2.45) is 0 Å². The quantitative estimate of drug-likeness (QED) is 0.329. The van der Waals surface area contributed by atoms with Crippen molar-refractivity contribution < 1.29 is 19.5 Å². The second kappa shape index (κ2) is 11.5. The molecule has 6 nitrogen and oxygen atoms in total. The summed E-state index contributed by atoms with van der Waals surface area (Å²) in [7, 11) is 0. The Morgan fingerprint density at radius 3 is 2.30 bits per heavy atom. The molecule has 3 aromatic rings. The number of nitrogens with one attached hydrogen (secondary N) is 2. The Kier molecular flexibility index (Phi) is 8.52. The molecule has 0 aliphatic rings. The van der Waals surface area contributed by atoms with E-state index in [2.05, 4.69) is 10.6 Å². The number of carbonyl (C=O) groups excluding carboxylic acids is 2. The normalized spacial score (nSPS) is 11.5. The monoisotopic (exact) mass is 482 g/mol. The minimum Gasteiger partial charge on any atom is -0.481 e. The summed E-state index contributed by atoms with van der Waals surface area (Å²) in [6.45, 7) is 1.90. The highest BCUT2D eigenvalue weighted by atomic mass is 35.5. The van der Waals surface area contributed by atoms with Crippen LogP contribution in [0.5, 0.6) is 0 Å². The van der Waals surface area contributed by atoms with Gasteiger partial charge in [0, 0.05) is 27.7 Å². The number of aliphatic carboxylic acids is 1. The highest BCUT2D eigenvalue weighted by Gasteiger charge is 2.23. The first-order valence-corrected chi connectivity index (χ1v) is 11.5. The van der Waals surface area contributed by atoms with Gasteiger partial charge in [0.15, 0.2) is 0 Å². The Bertz CT molecular complexity index is 1140. The summed E-state index contributed by atoms with van der Waals surface area (Å²) in [5.74, 6) is -1.56. The van der Waals surface area contributed by atoms with Gasteiger partial charge < -0.3 is 15.7 Å². The van der Waals surface area contributed by atoms with Crippen molar-refractivity contribution in [3.63, 3.8) is 0 Å². The molecule has 0 aliphatic carbocycles. The average molecular weight is 483 g/mol. The third-order valence-electron chi connectivity index (χ3n) is 4.76. The summed E-state index contributed by atoms with van der Waals surface area (Å²) in [6, 6.07) is 21.9. The molecule has 0 heterocycles. The predicted molar refractivity (Wildman–Crippen MR) is 132 cm³/mol. The van der Waals surface area contributed by atoms with E-state index in [4.69, 9.17) is 16.7 Å². The maximum Gasteiger partial charge on any atom is 0.303 e. The lowest BCUT2D eigenvalue weighted by molar-refractivity contribution is -0.138. The number of hydrogen-bond donors (Lipinski definition) is 3. The second-order valence-electron chi connectivity index (χ2n) is 7.32. The smallest absolute Gasteiger partial charge is 0.303 e. The number of thioether (sulfide) groups is 1. The fourth-order valence-corrected chi connectivity index (χ4v) is 4.22. The summed E-state index contributed by atoms with van der Waals surface area (Å²) in [5.41, 5.74) is 2.98. The SMILES string of the molecule is Cc1ccc(Cl)cc1NC(=O)C(Sc1ccc(NC(=O)CCC(=O)O)cc1)c1ccccc1. The molecular weight excluding hydrogens is 460 g/mol. The van der Waals surface area contributed by atoms with Gasteiger partial charge in [-0.1, -0.05) is 48.0 Å². The van der Waals surface area contributed by atoms with E-state index in [0.29, 0.717) is 16.4 Å². The molecule has 1 unspecified atom stereocenters. The number of halogens is 1. The molecular formula is C25H23ClN2O4S. The van der Waals surface area contributed by atoms with Gasteiger partial charge in [0.1, 0.15) is 5.25 Å². The molecule has 0 saturated heterocycles. The van der Waals surface area contributed by atoms with Crippen molar-refractivity contribution in [3.05, 3.63) is 88.9 Å². The number of hydrogen-bond acceptors (Lipinski definition) is 4. The number of aryl methyl sites for hydroxylation is 1. The van der Waals surface area contributed by atoms with Gasteiger partial charge in [-0.05, 0) is 54.4 Å². The van der Waals surface area contributed by atoms with Gasteiger partial charge in [-0.15, -0.1) is 11.8 Å². The van der Waals surface area contributed by atoms with Gasteiger partial charge >= 0.3 is 5.97 Å². The lowest BCUT2D eigenvalue weighted by Crippen LogP contribution is -2.19. The molecule has 0 fully saturated rings. The number of carboxylic acid groups (broad SMARTS) is 1. The van der Waals surface area contributed by atoms with Crippen LogP contribution < -0.4 is 10.6 Å². The molecule has 2 amide bonds. The van der Waals surface area contributed by atoms with Crippen molar-refractivity contribution in [1.82, 2.24) is 0 Å². The second-order valence-corrected chi connectivity index (χ2v) is 8.94. The van der Waals surface area contributed by atoms with E-state index in [-0.39, 0.29) is 24.7 Å². The minimum absolute atomic E-state index is 0.0923. The molecule has 0 saturated carbocycles. The highest BCUT2D eigenvalue weighted by molar-refractivity contribution is 8.00. The van der Waals surface area contributed by atoms with Crippen molar-refractivity contribution in [2.45, 2.75) is 29.9 Å². The minimum atomic E-state index is -1.02. The fourth-order valence-electron chi connectivity index (χ4n) is 3.02. The van der Waals surface area contributed by atoms with Crippen LogP contribution in [0.15, 0.2) is 77.7 Å². The van der Waals surface area contributed by atoms with E-state index in [0.717, 1.165) is 16.0 Å². The Morgan fingerprint density at radius 2 is 1.64 bits per heavy atom. The van der Waals surface area contributed by atoms with Gasteiger partial charge in [0.05, 0.1) is 6.42 Å². The molecule has 0 spiro atoms. The van der Waals surface area contributed by atoms with Crippen LogP contribution in [0.3, 0.4) is 0 Å². The van der Waals surface area contributed by atoms with E-state index in [1.807, 2.05) is 55.5 Å². The van der Waals surface area contributed by atoms with E-state index >= 15 is 0 Å². The van der Waals surface area contributed by atoms with Gasteiger partial charge in [0.25, 0.3) is 0 Å². The molecule has 3 N–H and O–H groups in total. The molecule has 1 atom stereocenters. The summed E-state index contributed by atoms with van der Waals surface area (Å²) < 4.78 is 0. The summed E-state index contributed by atoms with van der Waals surface area (Å²) in [6.07, 6.45) is -0.315. The maximum atomic E-state index is 13.2. The third kappa shape index (κ3) is 7.37. The Morgan fingerprint density at radius 1 is 0.939 bits per heavy atom. The van der Waals surface area contributed by atoms with Crippen LogP contribution in [0, 0.1) is 6.92 Å². The number of benzene rings is 3. The molecule has 0 radical (unpaired) electrons. The molecule has 0 aromatic heterocycles. The van der Waals surface area contributed by atoms with Crippen LogP contribution in [0.25, 0.3) is 0 Å². The lowest BCUT2D eigenvalue weighted by atomic mass is 10.1. The van der Waals surface area contributed by atoms with Gasteiger partial charge in [-0.2, -0.15) is 0 Å². The van der Waals surface area contributed by atoms with Crippen LogP contribution in [0.2, 0.25) is 5.02 Å². The number of anilines is 2. The first-order chi connectivity index (χ1) is 15.8. The summed E-state index contributed by atoms with van der Waals surface area (Å²) in [5, 5.41) is 14.4. The molecule has 3 rings (SSSR count). The zero-order chi connectivity index (χ0) is 23.8. The molecule has 3 aromatic carbocycles. The largest absolute Gasteiger partial charge is 0.481 e. The standard InChI is InChI=1S/C25H23ClN2O4S/c1-16-7-8-18(26)15-21(16)28-25(32)24(17-5-3-2-4-6-17)33-20-11-9-19(10-12-20)27-22(29)13-14-23(30)31/h2-12,15,24H,13-14H2,1H3,(H,27,29)(H,28,32)(H,30,31). The van der Waals surface area contributed by atoms with Crippen LogP contribution in [0.1, 0.15) is 29.2 Å². The predicted octanol–water partition coefficient (Wildman–Crippen LogP) is 5.92. The van der Waals surface area contributed by atoms with Crippen molar-refractivity contribution in [3.8, 4) is 0 Å². The average Bonchev–Trinajstić information content (AvgIpc) is 2.80. The zero-order valence-corrected chi connectivity index (χ0v) is 19.5. The number of rotatable bonds is 9. The first-order valence-electron chi connectivity index (χ1n) is 10.2. The van der Waals surface area contributed by atoms with Crippen molar-refractivity contribution >= 4 is 52.5 Å². The van der Waals surface area contributed by atoms with E-state index in [1.165, 1.54) is 11.8 Å². The van der Waals surface area contributed by atoms with Crippen LogP contribution in [-0.2, 0) is 14.4 Å². The van der Waals surface area contributed by atoms with E-state index in [1.54, 1.807) is 24.3 Å². The molecule has 170 valence electrons. The molecule has 33 heavy (non-hydrogen) atoms. The van der Waals surface area contributed by atoms with Gasteiger partial charge in [-0.25, -0.2) is 0 Å². The summed E-state index contributed by atoms with van der Waals surface area (Å²) >= 11 is 7.48. The highest BCUT2D eigenvalue weighted by Crippen LogP contribution is 2.37. The van der Waals surface area contributed by atoms with E-state index < -0.39 is 11.2 Å². The van der Waals surface area contributed by atoms with Crippen molar-refractivity contribution in [1.29, 1.82) is 0 Å². The first kappa shape index (κ1) is 24.4. The van der Waals surface area contributed by atoms with Crippen LogP contribution in [0.4, 0.5) is 11.4 Å². The number of carbonyl (C=O) groups is 3. The zero-order valence-electron chi connectivity index (χ0n) is 17.9. The Balaban J connectivity index is 1.74. The summed E-state index contributed by atoms with van der Waals surface area (Å²) in [4.78, 5) is 36.5. The van der Waals surface area contributed by atoms with Crippen LogP contribution in [-0.4, -0.2) is 22.9 Å². The number of amides is 2. The Hall–Kier alpha value is -3.29. The van der Waals surface area contributed by atoms with Crippen LogP contribution >= 0.6 is 23.4 Å². The van der Waals surface area contributed by atoms with Gasteiger partial charge in [0.2, 0.25) is 11.8 Å². The topological polar surface area (TPSA) is 95.5 Å².